The molecule has 1 fully saturated rings. The molecule has 2 amide bonds. The van der Waals surface area contributed by atoms with Crippen molar-refractivity contribution in [3.63, 3.8) is 0 Å². The number of ether oxygens (including phenoxy) is 2. The van der Waals surface area contributed by atoms with Gasteiger partial charge in [-0.3, -0.25) is 14.6 Å². The Morgan fingerprint density at radius 2 is 1.80 bits per heavy atom. The average molecular weight is 407 g/mol. The van der Waals surface area contributed by atoms with E-state index < -0.39 is 17.6 Å². The normalized spacial score (nSPS) is 17.7. The largest absolute Gasteiger partial charge is 0.494 e. The fourth-order valence-electron chi connectivity index (χ4n) is 3.39. The molecule has 2 aromatic carbocycles. The van der Waals surface area contributed by atoms with Crippen molar-refractivity contribution in [2.45, 2.75) is 33.9 Å². The number of urea groups is 1. The highest BCUT2D eigenvalue weighted by molar-refractivity contribution is 6.12. The SMILES string of the molecule is CCOc1ccc(N2C(=O)N3C(=CNc4ccccc43)C2OC(=O)C(C)(C)C)cc1. The first-order valence-corrected chi connectivity index (χ1v) is 9.94. The molecule has 2 aliphatic heterocycles. The number of fused-ring (bicyclic) bond motifs is 3. The summed E-state index contributed by atoms with van der Waals surface area (Å²) < 4.78 is 11.4. The Balaban J connectivity index is 1.76. The number of rotatable bonds is 4. The number of nitrogens with zero attached hydrogens (tertiary/aromatic N) is 2. The first kappa shape index (κ1) is 19.8. The van der Waals surface area contributed by atoms with Crippen LogP contribution in [0.3, 0.4) is 0 Å². The molecule has 0 radical (unpaired) electrons. The molecule has 1 atom stereocenters. The van der Waals surface area contributed by atoms with Crippen molar-refractivity contribution < 1.29 is 19.1 Å². The molecule has 0 aliphatic carbocycles. The summed E-state index contributed by atoms with van der Waals surface area (Å²) in [6.45, 7) is 7.82. The number of para-hydroxylation sites is 2. The number of hydrogen-bond acceptors (Lipinski definition) is 5. The van der Waals surface area contributed by atoms with Crippen LogP contribution in [0.2, 0.25) is 0 Å². The molecule has 2 heterocycles. The number of carbonyl (C=O) groups excluding carboxylic acids is 2. The van der Waals surface area contributed by atoms with Gasteiger partial charge in [0.15, 0.2) is 0 Å². The van der Waals surface area contributed by atoms with Crippen LogP contribution < -0.4 is 19.9 Å². The molecule has 0 aromatic heterocycles. The average Bonchev–Trinajstić information content (AvgIpc) is 3.00. The van der Waals surface area contributed by atoms with Gasteiger partial charge in [0.05, 0.1) is 23.4 Å². The molecule has 7 heteroatoms. The summed E-state index contributed by atoms with van der Waals surface area (Å²) >= 11 is 0. The second-order valence-electron chi connectivity index (χ2n) is 8.15. The zero-order valence-corrected chi connectivity index (χ0v) is 17.5. The van der Waals surface area contributed by atoms with Gasteiger partial charge in [0, 0.05) is 11.9 Å². The molecule has 1 N–H and O–H groups in total. The summed E-state index contributed by atoms with van der Waals surface area (Å²) in [5.74, 6) is 0.318. The molecule has 156 valence electrons. The minimum absolute atomic E-state index is 0.286. The van der Waals surface area contributed by atoms with Gasteiger partial charge < -0.3 is 14.8 Å². The van der Waals surface area contributed by atoms with E-state index >= 15 is 0 Å². The lowest BCUT2D eigenvalue weighted by atomic mass is 9.97. The lowest BCUT2D eigenvalue weighted by molar-refractivity contribution is -0.156. The summed E-state index contributed by atoms with van der Waals surface area (Å²) in [6.07, 6.45) is 0.832. The molecule has 1 unspecified atom stereocenters. The van der Waals surface area contributed by atoms with E-state index in [2.05, 4.69) is 5.32 Å². The van der Waals surface area contributed by atoms with Crippen LogP contribution in [0.5, 0.6) is 5.75 Å². The topological polar surface area (TPSA) is 71.1 Å². The van der Waals surface area contributed by atoms with Crippen molar-refractivity contribution in [1.29, 1.82) is 0 Å². The summed E-state index contributed by atoms with van der Waals surface area (Å²) in [4.78, 5) is 29.3. The maximum Gasteiger partial charge on any atom is 0.336 e. The monoisotopic (exact) mass is 407 g/mol. The standard InChI is InChI=1S/C23H25N3O4/c1-5-29-16-12-10-15(11-13-16)25-20(30-21(27)23(2,3)4)19-14-24-17-8-6-7-9-18(17)26(19)22(25)28/h6-14,20,24H,5H2,1-4H3. The number of hydrogen-bond donors (Lipinski definition) is 1. The molecular formula is C23H25N3O4. The summed E-state index contributed by atoms with van der Waals surface area (Å²) in [5, 5.41) is 3.20. The quantitative estimate of drug-likeness (QED) is 0.743. The minimum atomic E-state index is -0.886. The Labute approximate surface area is 175 Å². The molecule has 4 rings (SSSR count). The second-order valence-corrected chi connectivity index (χ2v) is 8.15. The van der Waals surface area contributed by atoms with Crippen molar-refractivity contribution in [3.05, 3.63) is 60.4 Å². The Morgan fingerprint density at radius 3 is 2.47 bits per heavy atom. The summed E-state index contributed by atoms with van der Waals surface area (Å²) in [5.41, 5.74) is 1.99. The maximum absolute atomic E-state index is 13.5. The first-order chi connectivity index (χ1) is 14.3. The number of nitrogens with one attached hydrogen (secondary N) is 1. The predicted molar refractivity (Wildman–Crippen MR) is 115 cm³/mol. The second kappa shape index (κ2) is 7.40. The van der Waals surface area contributed by atoms with Crippen molar-refractivity contribution in [1.82, 2.24) is 0 Å². The molecular weight excluding hydrogens is 382 g/mol. The lowest BCUT2D eigenvalue weighted by Gasteiger charge is -2.27. The van der Waals surface area contributed by atoms with Gasteiger partial charge in [0.25, 0.3) is 0 Å². The molecule has 0 bridgehead atoms. The van der Waals surface area contributed by atoms with Crippen LogP contribution in [0, 0.1) is 5.41 Å². The van der Waals surface area contributed by atoms with Crippen LogP contribution >= 0.6 is 0 Å². The van der Waals surface area contributed by atoms with E-state index in [9.17, 15) is 9.59 Å². The number of anilines is 3. The van der Waals surface area contributed by atoms with E-state index in [1.165, 1.54) is 4.90 Å². The van der Waals surface area contributed by atoms with Crippen LogP contribution in [0.4, 0.5) is 21.9 Å². The maximum atomic E-state index is 13.5. The third-order valence-electron chi connectivity index (χ3n) is 4.92. The lowest BCUT2D eigenvalue weighted by Crippen LogP contribution is -2.39. The Kier molecular flexibility index (Phi) is 4.89. The third-order valence-corrected chi connectivity index (χ3v) is 4.92. The van der Waals surface area contributed by atoms with Gasteiger partial charge >= 0.3 is 12.0 Å². The summed E-state index contributed by atoms with van der Waals surface area (Å²) in [6, 6.07) is 14.4. The fraction of sp³-hybridized carbons (Fsp3) is 0.304. The smallest absolute Gasteiger partial charge is 0.336 e. The van der Waals surface area contributed by atoms with Gasteiger partial charge in [-0.15, -0.1) is 0 Å². The van der Waals surface area contributed by atoms with E-state index in [0.29, 0.717) is 29.4 Å². The minimum Gasteiger partial charge on any atom is -0.494 e. The fourth-order valence-corrected chi connectivity index (χ4v) is 3.39. The van der Waals surface area contributed by atoms with E-state index in [0.717, 1.165) is 5.69 Å². The highest BCUT2D eigenvalue weighted by atomic mass is 16.6. The zero-order valence-electron chi connectivity index (χ0n) is 17.5. The van der Waals surface area contributed by atoms with Crippen molar-refractivity contribution in [2.24, 2.45) is 5.41 Å². The van der Waals surface area contributed by atoms with Gasteiger partial charge in [-0.1, -0.05) is 12.1 Å². The van der Waals surface area contributed by atoms with Gasteiger partial charge in [-0.2, -0.15) is 0 Å². The van der Waals surface area contributed by atoms with Gasteiger partial charge in [0.1, 0.15) is 11.4 Å². The van der Waals surface area contributed by atoms with E-state index in [4.69, 9.17) is 9.47 Å². The Morgan fingerprint density at radius 1 is 1.10 bits per heavy atom. The van der Waals surface area contributed by atoms with Crippen molar-refractivity contribution in [3.8, 4) is 5.75 Å². The van der Waals surface area contributed by atoms with Crippen molar-refractivity contribution in [2.75, 3.05) is 21.7 Å². The van der Waals surface area contributed by atoms with Gasteiger partial charge in [0.2, 0.25) is 6.23 Å². The van der Waals surface area contributed by atoms with Crippen LogP contribution in [0.1, 0.15) is 27.7 Å². The van der Waals surface area contributed by atoms with E-state index in [1.807, 2.05) is 31.2 Å². The highest BCUT2D eigenvalue weighted by Gasteiger charge is 2.48. The highest BCUT2D eigenvalue weighted by Crippen LogP contribution is 2.42. The zero-order chi connectivity index (χ0) is 21.5. The van der Waals surface area contributed by atoms with E-state index in [1.54, 1.807) is 56.1 Å². The Bertz CT molecular complexity index is 1010. The molecule has 2 aliphatic rings. The predicted octanol–water partition coefficient (Wildman–Crippen LogP) is 4.71. The van der Waals surface area contributed by atoms with Crippen LogP contribution in [0.25, 0.3) is 0 Å². The first-order valence-electron chi connectivity index (χ1n) is 9.94. The van der Waals surface area contributed by atoms with Gasteiger partial charge in [-0.25, -0.2) is 4.79 Å². The van der Waals surface area contributed by atoms with E-state index in [-0.39, 0.29) is 6.03 Å². The number of amides is 2. The van der Waals surface area contributed by atoms with Crippen molar-refractivity contribution >= 4 is 29.1 Å². The molecule has 0 spiro atoms. The van der Waals surface area contributed by atoms with Crippen LogP contribution in [-0.2, 0) is 9.53 Å². The molecule has 2 aromatic rings. The Hall–Kier alpha value is -3.48. The molecule has 30 heavy (non-hydrogen) atoms. The number of benzene rings is 2. The number of carbonyl (C=O) groups is 2. The number of esters is 1. The van der Waals surface area contributed by atoms with Gasteiger partial charge in [-0.05, 0) is 64.1 Å². The molecule has 1 saturated heterocycles. The molecule has 7 nitrogen and oxygen atoms in total. The van der Waals surface area contributed by atoms with Crippen LogP contribution in [-0.4, -0.2) is 24.8 Å². The summed E-state index contributed by atoms with van der Waals surface area (Å²) in [7, 11) is 0. The van der Waals surface area contributed by atoms with Crippen LogP contribution in [0.15, 0.2) is 60.4 Å². The third kappa shape index (κ3) is 3.36. The molecule has 0 saturated carbocycles.